The molecule has 3 heterocycles. The summed E-state index contributed by atoms with van der Waals surface area (Å²) in [5.74, 6) is 1.60. The molecule has 0 saturated heterocycles. The van der Waals surface area contributed by atoms with Crippen molar-refractivity contribution in [2.45, 2.75) is 40.7 Å². The highest BCUT2D eigenvalue weighted by Crippen LogP contribution is 2.16. The summed E-state index contributed by atoms with van der Waals surface area (Å²) in [6.45, 7) is 9.62. The zero-order valence-electron chi connectivity index (χ0n) is 17.1. The molecule has 0 atom stereocenters. The SMILES string of the molecule is CN=C(NCCc1nc(C)c(C)s1)NCc1ccc(-n2nc(C)cc2C)nc1. The Morgan fingerprint density at radius 1 is 1.18 bits per heavy atom. The summed E-state index contributed by atoms with van der Waals surface area (Å²) in [5.41, 5.74) is 4.27. The second-order valence-corrected chi connectivity index (χ2v) is 8.00. The van der Waals surface area contributed by atoms with Crippen molar-refractivity contribution in [3.05, 3.63) is 56.9 Å². The maximum Gasteiger partial charge on any atom is 0.191 e. The van der Waals surface area contributed by atoms with Crippen LogP contribution in [0.3, 0.4) is 0 Å². The number of hydrogen-bond donors (Lipinski definition) is 2. The summed E-state index contributed by atoms with van der Waals surface area (Å²) in [7, 11) is 1.77. The largest absolute Gasteiger partial charge is 0.356 e. The topological polar surface area (TPSA) is 80.0 Å². The first-order valence-corrected chi connectivity index (χ1v) is 10.1. The van der Waals surface area contributed by atoms with Crippen molar-refractivity contribution in [1.29, 1.82) is 0 Å². The second kappa shape index (κ2) is 8.97. The molecule has 3 rings (SSSR count). The average molecular weight is 398 g/mol. The Hall–Kier alpha value is -2.74. The normalized spacial score (nSPS) is 11.7. The summed E-state index contributed by atoms with van der Waals surface area (Å²) < 4.78 is 1.86. The molecule has 7 nitrogen and oxygen atoms in total. The molecule has 0 amide bonds. The molecule has 0 spiro atoms. The van der Waals surface area contributed by atoms with Crippen LogP contribution in [-0.2, 0) is 13.0 Å². The minimum absolute atomic E-state index is 0.652. The molecule has 3 aromatic heterocycles. The lowest BCUT2D eigenvalue weighted by Crippen LogP contribution is -2.37. The van der Waals surface area contributed by atoms with Gasteiger partial charge in [-0.25, -0.2) is 14.6 Å². The fourth-order valence-corrected chi connectivity index (χ4v) is 3.78. The molecule has 28 heavy (non-hydrogen) atoms. The van der Waals surface area contributed by atoms with Crippen LogP contribution < -0.4 is 10.6 Å². The first-order valence-electron chi connectivity index (χ1n) is 9.32. The van der Waals surface area contributed by atoms with Gasteiger partial charge in [0.15, 0.2) is 11.8 Å². The van der Waals surface area contributed by atoms with Crippen LogP contribution in [0.1, 0.15) is 32.5 Å². The molecule has 0 saturated carbocycles. The highest BCUT2D eigenvalue weighted by atomic mass is 32.1. The molecule has 0 aliphatic heterocycles. The minimum Gasteiger partial charge on any atom is -0.356 e. The molecule has 0 aliphatic rings. The van der Waals surface area contributed by atoms with Gasteiger partial charge in [-0.1, -0.05) is 6.07 Å². The second-order valence-electron chi connectivity index (χ2n) is 6.72. The highest BCUT2D eigenvalue weighted by Gasteiger charge is 2.06. The average Bonchev–Trinajstić information content (AvgIpc) is 3.18. The van der Waals surface area contributed by atoms with E-state index in [1.54, 1.807) is 18.4 Å². The summed E-state index contributed by atoms with van der Waals surface area (Å²) >= 11 is 1.76. The van der Waals surface area contributed by atoms with Crippen LogP contribution in [0.15, 0.2) is 29.4 Å². The number of nitrogens with zero attached hydrogens (tertiary/aromatic N) is 5. The Labute approximate surface area is 170 Å². The van der Waals surface area contributed by atoms with Gasteiger partial charge >= 0.3 is 0 Å². The van der Waals surface area contributed by atoms with Crippen LogP contribution >= 0.6 is 11.3 Å². The Morgan fingerprint density at radius 3 is 2.57 bits per heavy atom. The van der Waals surface area contributed by atoms with Crippen molar-refractivity contribution < 1.29 is 0 Å². The van der Waals surface area contributed by atoms with Gasteiger partial charge in [0.25, 0.3) is 0 Å². The molecule has 8 heteroatoms. The molecule has 148 valence electrons. The van der Waals surface area contributed by atoms with Gasteiger partial charge in [-0.2, -0.15) is 5.10 Å². The first kappa shape index (κ1) is 20.0. The fourth-order valence-electron chi connectivity index (χ4n) is 2.85. The monoisotopic (exact) mass is 397 g/mol. The Kier molecular flexibility index (Phi) is 6.41. The first-order chi connectivity index (χ1) is 13.5. The van der Waals surface area contributed by atoms with E-state index in [0.29, 0.717) is 6.54 Å². The van der Waals surface area contributed by atoms with E-state index in [9.17, 15) is 0 Å². The van der Waals surface area contributed by atoms with Gasteiger partial charge in [0.2, 0.25) is 0 Å². The van der Waals surface area contributed by atoms with Crippen molar-refractivity contribution in [3.63, 3.8) is 0 Å². The lowest BCUT2D eigenvalue weighted by molar-refractivity contribution is 0.782. The number of aryl methyl sites for hydroxylation is 4. The minimum atomic E-state index is 0.652. The van der Waals surface area contributed by atoms with Crippen LogP contribution in [0.4, 0.5) is 0 Å². The molecule has 0 bridgehead atoms. The number of nitrogens with one attached hydrogen (secondary N) is 2. The predicted octanol–water partition coefficient (Wildman–Crippen LogP) is 2.87. The lowest BCUT2D eigenvalue weighted by atomic mass is 10.3. The Balaban J connectivity index is 1.50. The summed E-state index contributed by atoms with van der Waals surface area (Å²) in [6, 6.07) is 6.08. The maximum absolute atomic E-state index is 4.57. The molecular weight excluding hydrogens is 370 g/mol. The summed E-state index contributed by atoms with van der Waals surface area (Å²) in [5, 5.41) is 12.3. The molecule has 0 radical (unpaired) electrons. The summed E-state index contributed by atoms with van der Waals surface area (Å²) in [6.07, 6.45) is 2.76. The number of thiazole rings is 1. The number of aliphatic imine (C=N–C) groups is 1. The van der Waals surface area contributed by atoms with E-state index in [2.05, 4.69) is 50.6 Å². The zero-order chi connectivity index (χ0) is 20.1. The third kappa shape index (κ3) is 4.95. The lowest BCUT2D eigenvalue weighted by Gasteiger charge is -2.11. The van der Waals surface area contributed by atoms with Crippen molar-refractivity contribution in [3.8, 4) is 5.82 Å². The standard InChI is InChI=1S/C20H27N7S/c1-13-10-14(2)27(26-13)18-7-6-17(11-23-18)12-24-20(21-5)22-9-8-19-25-15(3)16(4)28-19/h6-7,10-11H,8-9,12H2,1-5H3,(H2,21,22,24). The fraction of sp³-hybridized carbons (Fsp3) is 0.400. The highest BCUT2D eigenvalue weighted by molar-refractivity contribution is 7.11. The maximum atomic E-state index is 4.57. The Bertz CT molecular complexity index is 934. The van der Waals surface area contributed by atoms with Crippen LogP contribution in [0.5, 0.6) is 0 Å². The number of pyridine rings is 1. The van der Waals surface area contributed by atoms with Crippen molar-refractivity contribution in [2.75, 3.05) is 13.6 Å². The summed E-state index contributed by atoms with van der Waals surface area (Å²) in [4.78, 5) is 14.7. The third-order valence-electron chi connectivity index (χ3n) is 4.42. The van der Waals surface area contributed by atoms with Crippen LogP contribution in [0.2, 0.25) is 0 Å². The number of rotatable bonds is 6. The van der Waals surface area contributed by atoms with Crippen molar-refractivity contribution in [2.24, 2.45) is 4.99 Å². The van der Waals surface area contributed by atoms with E-state index in [1.165, 1.54) is 4.88 Å². The molecule has 0 unspecified atom stereocenters. The van der Waals surface area contributed by atoms with Crippen molar-refractivity contribution in [1.82, 2.24) is 30.4 Å². The van der Waals surface area contributed by atoms with E-state index in [0.717, 1.165) is 52.4 Å². The zero-order valence-corrected chi connectivity index (χ0v) is 17.9. The molecule has 3 aromatic rings. The molecule has 0 aliphatic carbocycles. The van der Waals surface area contributed by atoms with Gasteiger partial charge in [0.1, 0.15) is 0 Å². The van der Waals surface area contributed by atoms with E-state index < -0.39 is 0 Å². The van der Waals surface area contributed by atoms with Gasteiger partial charge in [0.05, 0.1) is 16.4 Å². The van der Waals surface area contributed by atoms with Gasteiger partial charge in [-0.15, -0.1) is 11.3 Å². The number of hydrogen-bond acceptors (Lipinski definition) is 5. The van der Waals surface area contributed by atoms with Crippen LogP contribution in [0, 0.1) is 27.7 Å². The molecule has 0 aromatic carbocycles. The predicted molar refractivity (Wildman–Crippen MR) is 114 cm³/mol. The van der Waals surface area contributed by atoms with E-state index in [4.69, 9.17) is 0 Å². The quantitative estimate of drug-likeness (QED) is 0.494. The van der Waals surface area contributed by atoms with Gasteiger partial charge in [-0.05, 0) is 45.4 Å². The van der Waals surface area contributed by atoms with E-state index in [1.807, 2.05) is 36.9 Å². The third-order valence-corrected chi connectivity index (χ3v) is 5.56. The van der Waals surface area contributed by atoms with E-state index >= 15 is 0 Å². The van der Waals surface area contributed by atoms with Crippen molar-refractivity contribution >= 4 is 17.3 Å². The van der Waals surface area contributed by atoms with Crippen LogP contribution in [-0.4, -0.2) is 39.3 Å². The van der Waals surface area contributed by atoms with E-state index in [-0.39, 0.29) is 0 Å². The van der Waals surface area contributed by atoms with Crippen LogP contribution in [0.25, 0.3) is 5.82 Å². The molecule has 2 N–H and O–H groups in total. The Morgan fingerprint density at radius 2 is 2.00 bits per heavy atom. The van der Waals surface area contributed by atoms with Gasteiger partial charge < -0.3 is 10.6 Å². The number of aromatic nitrogens is 4. The smallest absolute Gasteiger partial charge is 0.191 e. The van der Waals surface area contributed by atoms with Gasteiger partial charge in [-0.3, -0.25) is 4.99 Å². The molecule has 0 fully saturated rings. The van der Waals surface area contributed by atoms with Gasteiger partial charge in [0, 0.05) is 43.3 Å². The molecular formula is C20H27N7S. The number of guanidine groups is 1.